The van der Waals surface area contributed by atoms with Crippen LogP contribution in [0.4, 0.5) is 10.8 Å². The van der Waals surface area contributed by atoms with Gasteiger partial charge in [0.25, 0.3) is 0 Å². The second kappa shape index (κ2) is 7.55. The van der Waals surface area contributed by atoms with Gasteiger partial charge in [-0.25, -0.2) is 4.98 Å². The van der Waals surface area contributed by atoms with Gasteiger partial charge in [0.05, 0.1) is 10.2 Å². The molecule has 1 N–H and O–H groups in total. The van der Waals surface area contributed by atoms with E-state index in [-0.39, 0.29) is 11.8 Å². The first-order valence-electron chi connectivity index (χ1n) is 9.91. The van der Waals surface area contributed by atoms with E-state index in [1.807, 2.05) is 12.1 Å². The van der Waals surface area contributed by atoms with Gasteiger partial charge >= 0.3 is 0 Å². The molecule has 2 aromatic carbocycles. The van der Waals surface area contributed by atoms with E-state index in [4.69, 9.17) is 4.98 Å². The Bertz CT molecular complexity index is 1010. The van der Waals surface area contributed by atoms with Gasteiger partial charge in [0.2, 0.25) is 5.91 Å². The van der Waals surface area contributed by atoms with Crippen molar-refractivity contribution in [1.29, 1.82) is 0 Å². The minimum atomic E-state index is 0.0652. The molecule has 146 valence electrons. The van der Waals surface area contributed by atoms with Gasteiger partial charge in [0.1, 0.15) is 0 Å². The number of piperidine rings is 1. The molecular weight excluding hydrogens is 366 g/mol. The van der Waals surface area contributed by atoms with Crippen LogP contribution in [-0.2, 0) is 4.79 Å². The van der Waals surface area contributed by atoms with E-state index in [2.05, 4.69) is 56.1 Å². The number of aromatic nitrogens is 1. The average Bonchev–Trinajstić information content (AvgIpc) is 3.05. The Labute approximate surface area is 170 Å². The van der Waals surface area contributed by atoms with Crippen molar-refractivity contribution in [3.8, 4) is 0 Å². The number of carbonyl (C=O) groups excluding carboxylic acids is 1. The lowest BCUT2D eigenvalue weighted by atomic mass is 9.96. The molecule has 0 unspecified atom stereocenters. The van der Waals surface area contributed by atoms with E-state index in [9.17, 15) is 4.79 Å². The Balaban J connectivity index is 1.41. The van der Waals surface area contributed by atoms with Crippen molar-refractivity contribution in [2.75, 3.05) is 23.3 Å². The van der Waals surface area contributed by atoms with Crippen molar-refractivity contribution in [2.24, 2.45) is 5.92 Å². The molecule has 5 heteroatoms. The number of aryl methyl sites for hydroxylation is 4. The van der Waals surface area contributed by atoms with Crippen LogP contribution in [-0.4, -0.2) is 24.0 Å². The van der Waals surface area contributed by atoms with Gasteiger partial charge in [-0.15, -0.1) is 0 Å². The zero-order valence-corrected chi connectivity index (χ0v) is 17.8. The number of anilines is 2. The van der Waals surface area contributed by atoms with Gasteiger partial charge < -0.3 is 10.2 Å². The number of hydrogen-bond donors (Lipinski definition) is 1. The third-order valence-electron chi connectivity index (χ3n) is 5.44. The van der Waals surface area contributed by atoms with E-state index in [0.29, 0.717) is 0 Å². The van der Waals surface area contributed by atoms with Gasteiger partial charge in [-0.2, -0.15) is 0 Å². The fourth-order valence-corrected chi connectivity index (χ4v) is 5.31. The van der Waals surface area contributed by atoms with Crippen LogP contribution in [0.1, 0.15) is 35.1 Å². The highest BCUT2D eigenvalue weighted by molar-refractivity contribution is 7.22. The van der Waals surface area contributed by atoms with E-state index in [0.717, 1.165) is 42.3 Å². The number of thiazole rings is 1. The van der Waals surface area contributed by atoms with Crippen molar-refractivity contribution in [3.63, 3.8) is 0 Å². The van der Waals surface area contributed by atoms with Crippen molar-refractivity contribution in [1.82, 2.24) is 4.98 Å². The number of benzene rings is 2. The molecule has 0 saturated carbocycles. The van der Waals surface area contributed by atoms with Crippen molar-refractivity contribution < 1.29 is 4.79 Å². The molecule has 2 heterocycles. The Morgan fingerprint density at radius 1 is 1.00 bits per heavy atom. The Morgan fingerprint density at radius 3 is 2.32 bits per heavy atom. The summed E-state index contributed by atoms with van der Waals surface area (Å²) >= 11 is 1.76. The van der Waals surface area contributed by atoms with E-state index < -0.39 is 0 Å². The van der Waals surface area contributed by atoms with Gasteiger partial charge in [0, 0.05) is 24.7 Å². The number of fused-ring (bicyclic) bond motifs is 1. The van der Waals surface area contributed by atoms with Gasteiger partial charge in [-0.05, 0) is 81.0 Å². The summed E-state index contributed by atoms with van der Waals surface area (Å²) in [6.45, 7) is 10.1. The Kier molecular flexibility index (Phi) is 5.11. The minimum Gasteiger partial charge on any atom is -0.348 e. The second-order valence-electron chi connectivity index (χ2n) is 8.05. The van der Waals surface area contributed by atoms with Crippen molar-refractivity contribution >= 4 is 38.3 Å². The highest BCUT2D eigenvalue weighted by Crippen LogP contribution is 2.33. The van der Waals surface area contributed by atoms with Crippen LogP contribution in [0.5, 0.6) is 0 Å². The van der Waals surface area contributed by atoms with Crippen LogP contribution in [0.15, 0.2) is 30.3 Å². The van der Waals surface area contributed by atoms with E-state index in [1.165, 1.54) is 27.0 Å². The molecule has 0 radical (unpaired) electrons. The standard InChI is InChI=1S/C23H27N3OS/c1-14-9-15(2)12-19(11-14)24-22(27)18-5-7-26(8-6-18)23-25-21-17(4)10-16(3)13-20(21)28-23/h9-13,18H,5-8H2,1-4H3,(H,24,27). The Morgan fingerprint density at radius 2 is 1.64 bits per heavy atom. The summed E-state index contributed by atoms with van der Waals surface area (Å²) < 4.78 is 1.25. The van der Waals surface area contributed by atoms with E-state index >= 15 is 0 Å². The molecule has 0 aliphatic carbocycles. The third-order valence-corrected chi connectivity index (χ3v) is 6.51. The molecule has 1 aliphatic rings. The lowest BCUT2D eigenvalue weighted by Gasteiger charge is -2.31. The molecule has 4 nitrogen and oxygen atoms in total. The summed E-state index contributed by atoms with van der Waals surface area (Å²) in [5, 5.41) is 4.19. The zero-order chi connectivity index (χ0) is 19.8. The Hall–Kier alpha value is -2.40. The SMILES string of the molecule is Cc1cc(C)cc(NC(=O)C2CCN(c3nc4c(C)cc(C)cc4s3)CC2)c1. The number of nitrogens with zero attached hydrogens (tertiary/aromatic N) is 2. The largest absolute Gasteiger partial charge is 0.348 e. The minimum absolute atomic E-state index is 0.0652. The van der Waals surface area contributed by atoms with Crippen molar-refractivity contribution in [2.45, 2.75) is 40.5 Å². The topological polar surface area (TPSA) is 45.2 Å². The number of amides is 1. The van der Waals surface area contributed by atoms with Gasteiger partial charge in [-0.1, -0.05) is 23.5 Å². The summed E-state index contributed by atoms with van der Waals surface area (Å²) in [4.78, 5) is 19.9. The zero-order valence-electron chi connectivity index (χ0n) is 17.0. The number of carbonyl (C=O) groups is 1. The molecule has 3 aromatic rings. The maximum atomic E-state index is 12.7. The van der Waals surface area contributed by atoms with Crippen LogP contribution in [0.2, 0.25) is 0 Å². The maximum Gasteiger partial charge on any atom is 0.227 e. The molecule has 28 heavy (non-hydrogen) atoms. The normalized spacial score (nSPS) is 15.2. The molecule has 1 amide bonds. The van der Waals surface area contributed by atoms with Crippen LogP contribution < -0.4 is 10.2 Å². The molecule has 1 fully saturated rings. The summed E-state index contributed by atoms with van der Waals surface area (Å²) in [6.07, 6.45) is 1.73. The summed E-state index contributed by atoms with van der Waals surface area (Å²) in [5.74, 6) is 0.204. The predicted octanol–water partition coefficient (Wildman–Crippen LogP) is 5.39. The first-order valence-corrected chi connectivity index (χ1v) is 10.7. The molecule has 0 bridgehead atoms. The van der Waals surface area contributed by atoms with E-state index in [1.54, 1.807) is 11.3 Å². The first-order chi connectivity index (χ1) is 13.4. The first kappa shape index (κ1) is 18.9. The quantitative estimate of drug-likeness (QED) is 0.649. The van der Waals surface area contributed by atoms with Crippen LogP contribution in [0, 0.1) is 33.6 Å². The van der Waals surface area contributed by atoms with Gasteiger partial charge in [0.15, 0.2) is 5.13 Å². The average molecular weight is 394 g/mol. The lowest BCUT2D eigenvalue weighted by molar-refractivity contribution is -0.120. The predicted molar refractivity (Wildman–Crippen MR) is 119 cm³/mol. The maximum absolute atomic E-state index is 12.7. The second-order valence-corrected chi connectivity index (χ2v) is 9.06. The molecule has 1 saturated heterocycles. The molecule has 0 spiro atoms. The van der Waals surface area contributed by atoms with Gasteiger partial charge in [-0.3, -0.25) is 4.79 Å². The number of rotatable bonds is 3. The molecule has 1 aromatic heterocycles. The van der Waals surface area contributed by atoms with Crippen LogP contribution >= 0.6 is 11.3 Å². The highest BCUT2D eigenvalue weighted by atomic mass is 32.1. The highest BCUT2D eigenvalue weighted by Gasteiger charge is 2.26. The summed E-state index contributed by atoms with van der Waals surface area (Å²) in [6, 6.07) is 10.6. The molecular formula is C23H27N3OS. The number of hydrogen-bond acceptors (Lipinski definition) is 4. The fraction of sp³-hybridized carbons (Fsp3) is 0.391. The summed E-state index contributed by atoms with van der Waals surface area (Å²) in [7, 11) is 0. The monoisotopic (exact) mass is 393 g/mol. The molecule has 4 rings (SSSR count). The van der Waals surface area contributed by atoms with Crippen LogP contribution in [0.3, 0.4) is 0 Å². The smallest absolute Gasteiger partial charge is 0.227 e. The van der Waals surface area contributed by atoms with Crippen LogP contribution in [0.25, 0.3) is 10.2 Å². The molecule has 0 atom stereocenters. The number of nitrogens with one attached hydrogen (secondary N) is 1. The summed E-state index contributed by atoms with van der Waals surface area (Å²) in [5.41, 5.74) is 6.88. The fourth-order valence-electron chi connectivity index (χ4n) is 4.12. The molecule has 1 aliphatic heterocycles. The third kappa shape index (κ3) is 3.90. The lowest BCUT2D eigenvalue weighted by Crippen LogP contribution is -2.38. The van der Waals surface area contributed by atoms with Crippen molar-refractivity contribution in [3.05, 3.63) is 52.6 Å².